The molecule has 10 heteroatoms. The number of amides is 2. The van der Waals surface area contributed by atoms with Gasteiger partial charge in [0.1, 0.15) is 17.0 Å². The van der Waals surface area contributed by atoms with Crippen molar-refractivity contribution in [3.05, 3.63) is 59.7 Å². The molecule has 0 aliphatic carbocycles. The van der Waals surface area contributed by atoms with E-state index in [9.17, 15) is 32.7 Å². The van der Waals surface area contributed by atoms with Gasteiger partial charge in [-0.15, -0.1) is 0 Å². The van der Waals surface area contributed by atoms with Gasteiger partial charge in [-0.1, -0.05) is 31.5 Å². The van der Waals surface area contributed by atoms with Crippen LogP contribution in [0.25, 0.3) is 0 Å². The van der Waals surface area contributed by atoms with Crippen LogP contribution in [0.4, 0.5) is 13.2 Å². The second-order valence-electron chi connectivity index (χ2n) is 9.01. The summed E-state index contributed by atoms with van der Waals surface area (Å²) < 4.78 is 44.8. The molecule has 2 heterocycles. The number of carbonyl (C=O) groups excluding carboxylic acids is 2. The molecule has 0 saturated carbocycles. The van der Waals surface area contributed by atoms with Crippen molar-refractivity contribution in [1.82, 2.24) is 10.2 Å². The van der Waals surface area contributed by atoms with Crippen molar-refractivity contribution in [3.63, 3.8) is 0 Å². The number of hydrogen-bond acceptors (Lipinski definition) is 5. The fourth-order valence-electron chi connectivity index (χ4n) is 4.86. The lowest BCUT2D eigenvalue weighted by Crippen LogP contribution is -2.53. The van der Waals surface area contributed by atoms with E-state index in [2.05, 4.69) is 5.32 Å². The molecule has 2 aliphatic rings. The number of carbonyl (C=O) groups is 3. The zero-order valence-corrected chi connectivity index (χ0v) is 19.1. The lowest BCUT2D eigenvalue weighted by atomic mass is 9.80. The maximum Gasteiger partial charge on any atom is 0.416 e. The van der Waals surface area contributed by atoms with Crippen LogP contribution in [0.1, 0.15) is 43.9 Å². The van der Waals surface area contributed by atoms with Gasteiger partial charge in [0.2, 0.25) is 11.8 Å². The summed E-state index contributed by atoms with van der Waals surface area (Å²) >= 11 is 0. The average Bonchev–Trinajstić information content (AvgIpc) is 3.26. The molecule has 2 aromatic rings. The number of nitrogens with one attached hydrogen (secondary N) is 1. The van der Waals surface area contributed by atoms with Crippen molar-refractivity contribution in [2.24, 2.45) is 11.8 Å². The van der Waals surface area contributed by atoms with Gasteiger partial charge in [0.05, 0.1) is 17.4 Å². The highest BCUT2D eigenvalue weighted by Gasteiger charge is 2.66. The predicted molar refractivity (Wildman–Crippen MR) is 118 cm³/mol. The number of ether oxygens (including phenoxy) is 1. The van der Waals surface area contributed by atoms with E-state index in [1.165, 1.54) is 25.1 Å². The van der Waals surface area contributed by atoms with Crippen LogP contribution in [0, 0.1) is 11.8 Å². The standard InChI is InChI=1S/C25H25F3N2O5/c1-3-4-11-30-21(31)18-19(22(30)32)24(2,23(33)34)29-20(18)14-7-5-9-16(12-14)35-17-10-6-8-15(13-17)25(26,27)28/h5-10,12-13,18-20,29H,3-4,11H2,1-2H3,(H,33,34). The molecule has 4 unspecified atom stereocenters. The molecule has 2 aromatic carbocycles. The summed E-state index contributed by atoms with van der Waals surface area (Å²) in [6, 6.07) is 9.98. The Bertz CT molecular complexity index is 1170. The number of unbranched alkanes of at least 4 members (excludes halogenated alkanes) is 1. The Hall–Kier alpha value is -3.40. The lowest BCUT2D eigenvalue weighted by molar-refractivity contribution is -0.150. The number of hydrogen-bond donors (Lipinski definition) is 2. The van der Waals surface area contributed by atoms with E-state index in [0.717, 1.165) is 23.5 Å². The van der Waals surface area contributed by atoms with Crippen LogP contribution in [0.15, 0.2) is 48.5 Å². The summed E-state index contributed by atoms with van der Waals surface area (Å²) in [7, 11) is 0. The fourth-order valence-corrected chi connectivity index (χ4v) is 4.86. The molecule has 2 N–H and O–H groups in total. The van der Waals surface area contributed by atoms with Gasteiger partial charge < -0.3 is 9.84 Å². The first-order valence-corrected chi connectivity index (χ1v) is 11.3. The maximum absolute atomic E-state index is 13.2. The first-order chi connectivity index (χ1) is 16.5. The first kappa shape index (κ1) is 24.7. The van der Waals surface area contributed by atoms with Crippen molar-refractivity contribution < 1.29 is 37.4 Å². The van der Waals surface area contributed by atoms with E-state index in [-0.39, 0.29) is 18.0 Å². The van der Waals surface area contributed by atoms with E-state index in [4.69, 9.17) is 4.74 Å². The Balaban J connectivity index is 1.66. The second kappa shape index (κ2) is 8.99. The Morgan fingerprint density at radius 3 is 2.40 bits per heavy atom. The maximum atomic E-state index is 13.2. The summed E-state index contributed by atoms with van der Waals surface area (Å²) in [5.74, 6) is -4.01. The third kappa shape index (κ3) is 4.38. The summed E-state index contributed by atoms with van der Waals surface area (Å²) in [5.41, 5.74) is -2.03. The second-order valence-corrected chi connectivity index (χ2v) is 9.01. The van der Waals surface area contributed by atoms with Crippen molar-refractivity contribution in [3.8, 4) is 11.5 Å². The third-order valence-electron chi connectivity index (χ3n) is 6.67. The number of likely N-dealkylation sites (tertiary alicyclic amines) is 1. The number of alkyl halides is 3. The summed E-state index contributed by atoms with van der Waals surface area (Å²) in [4.78, 5) is 39.7. The van der Waals surface area contributed by atoms with Crippen molar-refractivity contribution in [2.75, 3.05) is 6.54 Å². The van der Waals surface area contributed by atoms with Gasteiger partial charge in [0.25, 0.3) is 0 Å². The number of halogens is 3. The third-order valence-corrected chi connectivity index (χ3v) is 6.67. The largest absolute Gasteiger partial charge is 0.480 e. The van der Waals surface area contributed by atoms with Crippen LogP contribution in [0.5, 0.6) is 11.5 Å². The summed E-state index contributed by atoms with van der Waals surface area (Å²) in [6.07, 6.45) is -3.15. The minimum Gasteiger partial charge on any atom is -0.480 e. The highest BCUT2D eigenvalue weighted by atomic mass is 19.4. The molecular formula is C25H25F3N2O5. The lowest BCUT2D eigenvalue weighted by Gasteiger charge is -2.27. The van der Waals surface area contributed by atoms with Gasteiger partial charge in [-0.25, -0.2) is 0 Å². The molecule has 0 spiro atoms. The van der Waals surface area contributed by atoms with Crippen molar-refractivity contribution >= 4 is 17.8 Å². The van der Waals surface area contributed by atoms with Gasteiger partial charge in [0.15, 0.2) is 0 Å². The Kier molecular flexibility index (Phi) is 6.35. The zero-order chi connectivity index (χ0) is 25.5. The number of aliphatic carboxylic acids is 1. The van der Waals surface area contributed by atoms with Crippen LogP contribution in [0.2, 0.25) is 0 Å². The Morgan fingerprint density at radius 1 is 1.11 bits per heavy atom. The highest BCUT2D eigenvalue weighted by Crippen LogP contribution is 2.49. The number of fused-ring (bicyclic) bond motifs is 1. The van der Waals surface area contributed by atoms with Crippen LogP contribution < -0.4 is 10.1 Å². The predicted octanol–water partition coefficient (Wildman–Crippen LogP) is 4.39. The van der Waals surface area contributed by atoms with Crippen molar-refractivity contribution in [1.29, 1.82) is 0 Å². The van der Waals surface area contributed by atoms with Gasteiger partial charge in [-0.05, 0) is 49.2 Å². The van der Waals surface area contributed by atoms with Crippen LogP contribution in [0.3, 0.4) is 0 Å². The van der Waals surface area contributed by atoms with Gasteiger partial charge in [-0.3, -0.25) is 24.6 Å². The molecule has 4 atom stereocenters. The van der Waals surface area contributed by atoms with Crippen LogP contribution in [-0.2, 0) is 20.6 Å². The number of imide groups is 1. The number of carboxylic acids is 1. The minimum absolute atomic E-state index is 0.0255. The highest BCUT2D eigenvalue weighted by molar-refractivity contribution is 6.09. The quantitative estimate of drug-likeness (QED) is 0.559. The first-order valence-electron chi connectivity index (χ1n) is 11.3. The number of rotatable bonds is 7. The fraction of sp³-hybridized carbons (Fsp3) is 0.400. The molecule has 186 valence electrons. The van der Waals surface area contributed by atoms with E-state index >= 15 is 0 Å². The molecule has 35 heavy (non-hydrogen) atoms. The van der Waals surface area contributed by atoms with E-state index < -0.39 is 52.9 Å². The van der Waals surface area contributed by atoms with Crippen molar-refractivity contribution in [2.45, 2.75) is 44.4 Å². The minimum atomic E-state index is -4.52. The SMILES string of the molecule is CCCCN1C(=O)C2C(c3cccc(Oc4cccc(C(F)(F)F)c4)c3)NC(C)(C(=O)O)C2C1=O. The van der Waals surface area contributed by atoms with Crippen LogP contribution >= 0.6 is 0 Å². The van der Waals surface area contributed by atoms with Gasteiger partial charge in [-0.2, -0.15) is 13.2 Å². The molecule has 2 saturated heterocycles. The monoisotopic (exact) mass is 490 g/mol. The molecule has 2 aliphatic heterocycles. The van der Waals surface area contributed by atoms with Gasteiger partial charge in [0, 0.05) is 12.6 Å². The molecule has 2 amide bonds. The molecule has 7 nitrogen and oxygen atoms in total. The van der Waals surface area contributed by atoms with Crippen LogP contribution in [-0.4, -0.2) is 39.9 Å². The molecule has 4 rings (SSSR count). The molecule has 0 bridgehead atoms. The molecule has 0 radical (unpaired) electrons. The topological polar surface area (TPSA) is 95.9 Å². The zero-order valence-electron chi connectivity index (χ0n) is 19.1. The summed E-state index contributed by atoms with van der Waals surface area (Å²) in [5, 5.41) is 12.9. The smallest absolute Gasteiger partial charge is 0.416 e. The Labute approximate surface area is 199 Å². The average molecular weight is 490 g/mol. The molecule has 2 fully saturated rings. The summed E-state index contributed by atoms with van der Waals surface area (Å²) in [6.45, 7) is 3.54. The van der Waals surface area contributed by atoms with E-state index in [1.54, 1.807) is 18.2 Å². The molecule has 0 aromatic heterocycles. The Morgan fingerprint density at radius 2 is 1.77 bits per heavy atom. The van der Waals surface area contributed by atoms with E-state index in [0.29, 0.717) is 12.0 Å². The number of nitrogens with zero attached hydrogens (tertiary/aromatic N) is 1. The van der Waals surface area contributed by atoms with Gasteiger partial charge >= 0.3 is 12.1 Å². The normalized spacial score (nSPS) is 26.2. The van der Waals surface area contributed by atoms with E-state index in [1.807, 2.05) is 6.92 Å². The molecular weight excluding hydrogens is 465 g/mol. The number of carboxylic acid groups (broad SMARTS) is 1. The number of benzene rings is 2.